The molecule has 0 aromatic carbocycles. The van der Waals surface area contributed by atoms with Gasteiger partial charge in [-0.25, -0.2) is 4.79 Å². The average molecular weight is 216 g/mol. The Bertz CT molecular complexity index is 233. The zero-order valence-corrected chi connectivity index (χ0v) is 9.76. The van der Waals surface area contributed by atoms with E-state index in [4.69, 9.17) is 5.11 Å². The molecule has 88 valence electrons. The molecule has 0 rings (SSSR count). The first-order valence-electron chi connectivity index (χ1n) is 4.99. The van der Waals surface area contributed by atoms with Crippen LogP contribution >= 0.6 is 0 Å². The van der Waals surface area contributed by atoms with Crippen LogP contribution in [0.15, 0.2) is 0 Å². The van der Waals surface area contributed by atoms with Crippen molar-refractivity contribution in [3.8, 4) is 0 Å². The standard InChI is InChI=1S/C10H20N2O3/c1-7(8(13)14)12-9(15)11-6-5-10(2,3)4/h7H,5-6H2,1-4H3,(H,13,14)(H2,11,12,15)/t7-/m0/s1. The van der Waals surface area contributed by atoms with E-state index >= 15 is 0 Å². The number of carbonyl (C=O) groups is 2. The number of amides is 2. The van der Waals surface area contributed by atoms with Gasteiger partial charge in [-0.2, -0.15) is 0 Å². The lowest BCUT2D eigenvalue weighted by Crippen LogP contribution is -2.44. The molecule has 0 aliphatic carbocycles. The van der Waals surface area contributed by atoms with Gasteiger partial charge in [0.25, 0.3) is 0 Å². The fraction of sp³-hybridized carbons (Fsp3) is 0.800. The van der Waals surface area contributed by atoms with E-state index in [0.29, 0.717) is 6.54 Å². The van der Waals surface area contributed by atoms with Crippen LogP contribution < -0.4 is 10.6 Å². The second-order valence-corrected chi connectivity index (χ2v) is 4.77. The summed E-state index contributed by atoms with van der Waals surface area (Å²) in [5.74, 6) is -1.04. The number of carboxylic acid groups (broad SMARTS) is 1. The minimum absolute atomic E-state index is 0.158. The fourth-order valence-electron chi connectivity index (χ4n) is 0.860. The van der Waals surface area contributed by atoms with E-state index in [1.54, 1.807) is 0 Å². The van der Waals surface area contributed by atoms with Gasteiger partial charge in [-0.05, 0) is 18.8 Å². The highest BCUT2D eigenvalue weighted by Gasteiger charge is 2.14. The summed E-state index contributed by atoms with van der Waals surface area (Å²) in [4.78, 5) is 21.6. The van der Waals surface area contributed by atoms with E-state index in [9.17, 15) is 9.59 Å². The Morgan fingerprint density at radius 1 is 1.33 bits per heavy atom. The van der Waals surface area contributed by atoms with Gasteiger partial charge < -0.3 is 15.7 Å². The SMILES string of the molecule is C[C@H](NC(=O)NCCC(C)(C)C)C(=O)O. The van der Waals surface area contributed by atoms with Gasteiger partial charge >= 0.3 is 12.0 Å². The normalized spacial score (nSPS) is 13.1. The monoisotopic (exact) mass is 216 g/mol. The molecule has 15 heavy (non-hydrogen) atoms. The van der Waals surface area contributed by atoms with E-state index < -0.39 is 18.0 Å². The number of carbonyl (C=O) groups excluding carboxylic acids is 1. The molecule has 0 unspecified atom stereocenters. The highest BCUT2D eigenvalue weighted by molar-refractivity contribution is 5.82. The quantitative estimate of drug-likeness (QED) is 0.660. The van der Waals surface area contributed by atoms with Crippen molar-refractivity contribution < 1.29 is 14.7 Å². The van der Waals surface area contributed by atoms with Crippen LogP contribution in [0.1, 0.15) is 34.1 Å². The zero-order valence-electron chi connectivity index (χ0n) is 9.76. The van der Waals surface area contributed by atoms with Crippen molar-refractivity contribution in [3.63, 3.8) is 0 Å². The molecule has 0 fully saturated rings. The molecule has 0 heterocycles. The molecule has 0 aromatic heterocycles. The molecule has 0 bridgehead atoms. The maximum absolute atomic E-state index is 11.2. The molecular formula is C10H20N2O3. The third-order valence-electron chi connectivity index (χ3n) is 1.88. The molecule has 0 aliphatic rings. The molecule has 0 radical (unpaired) electrons. The number of aliphatic carboxylic acids is 1. The van der Waals surface area contributed by atoms with Gasteiger partial charge in [-0.1, -0.05) is 20.8 Å². The molecule has 3 N–H and O–H groups in total. The molecular weight excluding hydrogens is 196 g/mol. The summed E-state index contributed by atoms with van der Waals surface area (Å²) in [6.07, 6.45) is 0.849. The van der Waals surface area contributed by atoms with E-state index in [2.05, 4.69) is 31.4 Å². The van der Waals surface area contributed by atoms with Crippen LogP contribution in [0.4, 0.5) is 4.79 Å². The van der Waals surface area contributed by atoms with E-state index in [1.165, 1.54) is 6.92 Å². The molecule has 5 nitrogen and oxygen atoms in total. The van der Waals surface area contributed by atoms with Crippen LogP contribution in [-0.2, 0) is 4.79 Å². The number of nitrogens with one attached hydrogen (secondary N) is 2. The number of hydrogen-bond acceptors (Lipinski definition) is 2. The third-order valence-corrected chi connectivity index (χ3v) is 1.88. The maximum atomic E-state index is 11.2. The Kier molecular flexibility index (Phi) is 5.11. The summed E-state index contributed by atoms with van der Waals surface area (Å²) in [6.45, 7) is 8.19. The minimum Gasteiger partial charge on any atom is -0.480 e. The molecule has 0 saturated carbocycles. The summed E-state index contributed by atoms with van der Waals surface area (Å²) in [5, 5.41) is 13.5. The minimum atomic E-state index is -1.04. The first kappa shape index (κ1) is 13.7. The molecule has 5 heteroatoms. The van der Waals surface area contributed by atoms with Crippen LogP contribution in [0.2, 0.25) is 0 Å². The van der Waals surface area contributed by atoms with Gasteiger partial charge in [0.1, 0.15) is 6.04 Å². The average Bonchev–Trinajstić information content (AvgIpc) is 2.01. The second kappa shape index (κ2) is 5.58. The number of carboxylic acids is 1. The van der Waals surface area contributed by atoms with Crippen LogP contribution in [0.3, 0.4) is 0 Å². The smallest absolute Gasteiger partial charge is 0.325 e. The number of rotatable bonds is 4. The maximum Gasteiger partial charge on any atom is 0.325 e. The predicted molar refractivity (Wildman–Crippen MR) is 57.7 cm³/mol. The molecule has 2 amide bonds. The van der Waals surface area contributed by atoms with Gasteiger partial charge in [-0.15, -0.1) is 0 Å². The molecule has 1 atom stereocenters. The van der Waals surface area contributed by atoms with Crippen molar-refractivity contribution in [1.29, 1.82) is 0 Å². The number of hydrogen-bond donors (Lipinski definition) is 3. The Balaban J connectivity index is 3.72. The van der Waals surface area contributed by atoms with Gasteiger partial charge in [0.15, 0.2) is 0 Å². The second-order valence-electron chi connectivity index (χ2n) is 4.77. The van der Waals surface area contributed by atoms with Gasteiger partial charge in [0.2, 0.25) is 0 Å². The summed E-state index contributed by atoms with van der Waals surface area (Å²) >= 11 is 0. The van der Waals surface area contributed by atoms with Crippen molar-refractivity contribution in [3.05, 3.63) is 0 Å². The van der Waals surface area contributed by atoms with E-state index in [-0.39, 0.29) is 5.41 Å². The summed E-state index contributed by atoms with van der Waals surface area (Å²) < 4.78 is 0. The summed E-state index contributed by atoms with van der Waals surface area (Å²) in [5.41, 5.74) is 0.158. The summed E-state index contributed by atoms with van der Waals surface area (Å²) in [7, 11) is 0. The predicted octanol–water partition coefficient (Wildman–Crippen LogP) is 1.19. The van der Waals surface area contributed by atoms with E-state index in [1.807, 2.05) is 0 Å². The van der Waals surface area contributed by atoms with Crippen molar-refractivity contribution in [2.45, 2.75) is 40.2 Å². The zero-order chi connectivity index (χ0) is 12.1. The van der Waals surface area contributed by atoms with Crippen LogP contribution in [0, 0.1) is 5.41 Å². The van der Waals surface area contributed by atoms with Gasteiger partial charge in [0, 0.05) is 6.54 Å². The van der Waals surface area contributed by atoms with Gasteiger partial charge in [0.05, 0.1) is 0 Å². The topological polar surface area (TPSA) is 78.4 Å². The van der Waals surface area contributed by atoms with E-state index in [0.717, 1.165) is 6.42 Å². The van der Waals surface area contributed by atoms with Crippen molar-refractivity contribution in [1.82, 2.24) is 10.6 Å². The molecule has 0 saturated heterocycles. The first-order valence-corrected chi connectivity index (χ1v) is 4.99. The molecule has 0 spiro atoms. The third kappa shape index (κ3) is 7.78. The first-order chi connectivity index (χ1) is 6.72. The Labute approximate surface area is 90.2 Å². The lowest BCUT2D eigenvalue weighted by Gasteiger charge is -2.18. The Morgan fingerprint density at radius 2 is 1.87 bits per heavy atom. The Hall–Kier alpha value is -1.26. The Morgan fingerprint density at radius 3 is 2.27 bits per heavy atom. The molecule has 0 aliphatic heterocycles. The van der Waals surface area contributed by atoms with Crippen LogP contribution in [-0.4, -0.2) is 29.7 Å². The van der Waals surface area contributed by atoms with Crippen LogP contribution in [0.25, 0.3) is 0 Å². The lowest BCUT2D eigenvalue weighted by molar-refractivity contribution is -0.138. The summed E-state index contributed by atoms with van der Waals surface area (Å²) in [6, 6.07) is -1.30. The van der Waals surface area contributed by atoms with Crippen molar-refractivity contribution in [2.75, 3.05) is 6.54 Å². The van der Waals surface area contributed by atoms with Crippen molar-refractivity contribution in [2.24, 2.45) is 5.41 Å². The lowest BCUT2D eigenvalue weighted by atomic mass is 9.92. The largest absolute Gasteiger partial charge is 0.480 e. The van der Waals surface area contributed by atoms with Crippen LogP contribution in [0.5, 0.6) is 0 Å². The highest BCUT2D eigenvalue weighted by atomic mass is 16.4. The number of urea groups is 1. The fourth-order valence-corrected chi connectivity index (χ4v) is 0.860. The highest BCUT2D eigenvalue weighted by Crippen LogP contribution is 2.16. The van der Waals surface area contributed by atoms with Crippen molar-refractivity contribution >= 4 is 12.0 Å². The molecule has 0 aromatic rings. The van der Waals surface area contributed by atoms with Gasteiger partial charge in [-0.3, -0.25) is 4.79 Å².